The predicted octanol–water partition coefficient (Wildman–Crippen LogP) is 3.57. The SMILES string of the molecule is CC(=O)Oc1cc(C)cc(CN2CCN(c3cnc4ccccc4n3)C[C@H]2C)c1. The summed E-state index contributed by atoms with van der Waals surface area (Å²) in [6.45, 7) is 9.26. The summed E-state index contributed by atoms with van der Waals surface area (Å²) in [4.78, 5) is 25.4. The Balaban J connectivity index is 1.45. The molecule has 6 heteroatoms. The number of para-hydroxylation sites is 2. The zero-order valence-electron chi connectivity index (χ0n) is 17.1. The average Bonchev–Trinajstić information content (AvgIpc) is 2.68. The van der Waals surface area contributed by atoms with Crippen LogP contribution in [-0.2, 0) is 11.3 Å². The molecule has 0 amide bonds. The van der Waals surface area contributed by atoms with Crippen LogP contribution < -0.4 is 9.64 Å². The minimum Gasteiger partial charge on any atom is -0.427 e. The molecule has 1 aliphatic heterocycles. The Morgan fingerprint density at radius 1 is 1.17 bits per heavy atom. The number of benzene rings is 2. The highest BCUT2D eigenvalue weighted by molar-refractivity contribution is 5.75. The van der Waals surface area contributed by atoms with Crippen molar-refractivity contribution < 1.29 is 9.53 Å². The fraction of sp³-hybridized carbons (Fsp3) is 0.348. The summed E-state index contributed by atoms with van der Waals surface area (Å²) < 4.78 is 5.28. The van der Waals surface area contributed by atoms with Crippen molar-refractivity contribution in [2.45, 2.75) is 33.4 Å². The summed E-state index contributed by atoms with van der Waals surface area (Å²) in [5.74, 6) is 1.26. The van der Waals surface area contributed by atoms with Gasteiger partial charge in [-0.2, -0.15) is 0 Å². The van der Waals surface area contributed by atoms with Gasteiger partial charge in [0.05, 0.1) is 17.2 Å². The Morgan fingerprint density at radius 2 is 1.97 bits per heavy atom. The lowest BCUT2D eigenvalue weighted by molar-refractivity contribution is -0.131. The smallest absolute Gasteiger partial charge is 0.308 e. The molecule has 1 fully saturated rings. The van der Waals surface area contributed by atoms with Crippen molar-refractivity contribution in [3.05, 3.63) is 59.8 Å². The van der Waals surface area contributed by atoms with Crippen LogP contribution in [0.1, 0.15) is 25.0 Å². The van der Waals surface area contributed by atoms with Crippen molar-refractivity contribution in [2.75, 3.05) is 24.5 Å². The zero-order valence-corrected chi connectivity index (χ0v) is 17.1. The highest BCUT2D eigenvalue weighted by Gasteiger charge is 2.25. The Bertz CT molecular complexity index is 1040. The molecule has 1 saturated heterocycles. The van der Waals surface area contributed by atoms with Crippen LogP contribution in [0.5, 0.6) is 5.75 Å². The maximum atomic E-state index is 11.3. The van der Waals surface area contributed by atoms with E-state index in [1.54, 1.807) is 0 Å². The van der Waals surface area contributed by atoms with Crippen LogP contribution in [0.4, 0.5) is 5.82 Å². The van der Waals surface area contributed by atoms with Gasteiger partial charge in [0.1, 0.15) is 11.6 Å². The molecule has 6 nitrogen and oxygen atoms in total. The van der Waals surface area contributed by atoms with Gasteiger partial charge in [0, 0.05) is 39.1 Å². The molecule has 2 aromatic carbocycles. The summed E-state index contributed by atoms with van der Waals surface area (Å²) in [6.07, 6.45) is 1.87. The highest BCUT2D eigenvalue weighted by atomic mass is 16.5. The number of nitrogens with zero attached hydrogens (tertiary/aromatic N) is 4. The minimum absolute atomic E-state index is 0.292. The van der Waals surface area contributed by atoms with E-state index < -0.39 is 0 Å². The molecule has 1 aromatic heterocycles. The first-order valence-corrected chi connectivity index (χ1v) is 9.98. The first-order valence-electron chi connectivity index (χ1n) is 9.98. The van der Waals surface area contributed by atoms with E-state index in [1.807, 2.05) is 49.5 Å². The second-order valence-electron chi connectivity index (χ2n) is 7.73. The van der Waals surface area contributed by atoms with E-state index in [0.29, 0.717) is 11.8 Å². The normalized spacial score (nSPS) is 17.5. The fourth-order valence-electron chi connectivity index (χ4n) is 3.91. The number of carbonyl (C=O) groups is 1. The predicted molar refractivity (Wildman–Crippen MR) is 114 cm³/mol. The third-order valence-corrected chi connectivity index (χ3v) is 5.28. The Kier molecular flexibility index (Phi) is 5.45. The summed E-state index contributed by atoms with van der Waals surface area (Å²) in [5, 5.41) is 0. The van der Waals surface area contributed by atoms with Crippen molar-refractivity contribution in [3.8, 4) is 5.75 Å². The number of aromatic nitrogens is 2. The molecule has 2 heterocycles. The lowest BCUT2D eigenvalue weighted by atomic mass is 10.1. The number of hydrogen-bond donors (Lipinski definition) is 0. The third-order valence-electron chi connectivity index (χ3n) is 5.28. The fourth-order valence-corrected chi connectivity index (χ4v) is 3.91. The van der Waals surface area contributed by atoms with Gasteiger partial charge in [-0.15, -0.1) is 0 Å². The molecule has 0 bridgehead atoms. The van der Waals surface area contributed by atoms with Crippen molar-refractivity contribution in [2.24, 2.45) is 0 Å². The average molecular weight is 390 g/mol. The molecule has 0 aliphatic carbocycles. The topological polar surface area (TPSA) is 58.6 Å². The first-order chi connectivity index (χ1) is 14.0. The molecule has 150 valence electrons. The number of rotatable bonds is 4. The number of ether oxygens (including phenoxy) is 1. The number of piperazine rings is 1. The number of carbonyl (C=O) groups excluding carboxylic acids is 1. The molecule has 4 rings (SSSR count). The number of aryl methyl sites for hydroxylation is 1. The van der Waals surface area contributed by atoms with Crippen LogP contribution in [0.2, 0.25) is 0 Å². The molecule has 0 spiro atoms. The van der Waals surface area contributed by atoms with Crippen molar-refractivity contribution in [1.82, 2.24) is 14.9 Å². The summed E-state index contributed by atoms with van der Waals surface area (Å²) in [7, 11) is 0. The van der Waals surface area contributed by atoms with E-state index in [9.17, 15) is 4.79 Å². The molecular weight excluding hydrogens is 364 g/mol. The van der Waals surface area contributed by atoms with Gasteiger partial charge >= 0.3 is 5.97 Å². The molecule has 0 N–H and O–H groups in total. The van der Waals surface area contributed by atoms with Gasteiger partial charge in [0.15, 0.2) is 0 Å². The largest absolute Gasteiger partial charge is 0.427 e. The van der Waals surface area contributed by atoms with Gasteiger partial charge < -0.3 is 9.64 Å². The lowest BCUT2D eigenvalue weighted by Crippen LogP contribution is -2.51. The summed E-state index contributed by atoms with van der Waals surface area (Å²) in [6, 6.07) is 14.3. The van der Waals surface area contributed by atoms with E-state index in [2.05, 4.69) is 27.8 Å². The molecule has 0 saturated carbocycles. The van der Waals surface area contributed by atoms with E-state index in [4.69, 9.17) is 9.72 Å². The van der Waals surface area contributed by atoms with E-state index >= 15 is 0 Å². The van der Waals surface area contributed by atoms with Crippen LogP contribution in [-0.4, -0.2) is 46.5 Å². The van der Waals surface area contributed by atoms with E-state index in [1.165, 1.54) is 6.92 Å². The molecule has 3 aromatic rings. The molecule has 0 unspecified atom stereocenters. The monoisotopic (exact) mass is 390 g/mol. The van der Waals surface area contributed by atoms with Gasteiger partial charge in [-0.3, -0.25) is 14.7 Å². The highest BCUT2D eigenvalue weighted by Crippen LogP contribution is 2.23. The summed E-state index contributed by atoms with van der Waals surface area (Å²) in [5.41, 5.74) is 4.10. The minimum atomic E-state index is -0.292. The van der Waals surface area contributed by atoms with Crippen LogP contribution in [0.3, 0.4) is 0 Å². The van der Waals surface area contributed by atoms with Crippen molar-refractivity contribution >= 4 is 22.8 Å². The maximum Gasteiger partial charge on any atom is 0.308 e. The van der Waals surface area contributed by atoms with Crippen molar-refractivity contribution in [1.29, 1.82) is 0 Å². The number of esters is 1. The van der Waals surface area contributed by atoms with Gasteiger partial charge in [-0.1, -0.05) is 18.2 Å². The number of hydrogen-bond acceptors (Lipinski definition) is 6. The van der Waals surface area contributed by atoms with Gasteiger partial charge in [0.2, 0.25) is 0 Å². The molecule has 0 radical (unpaired) electrons. The second-order valence-corrected chi connectivity index (χ2v) is 7.73. The Morgan fingerprint density at radius 3 is 2.72 bits per heavy atom. The second kappa shape index (κ2) is 8.17. The molecule has 1 aliphatic rings. The van der Waals surface area contributed by atoms with Crippen molar-refractivity contribution in [3.63, 3.8) is 0 Å². The molecular formula is C23H26N4O2. The van der Waals surface area contributed by atoms with Crippen LogP contribution in [0.25, 0.3) is 11.0 Å². The first kappa shape index (κ1) is 19.3. The number of fused-ring (bicyclic) bond motifs is 1. The Labute approximate surface area is 171 Å². The van der Waals surface area contributed by atoms with E-state index in [-0.39, 0.29) is 5.97 Å². The van der Waals surface area contributed by atoms with Gasteiger partial charge in [-0.05, 0) is 49.2 Å². The summed E-state index contributed by atoms with van der Waals surface area (Å²) >= 11 is 0. The van der Waals surface area contributed by atoms with E-state index in [0.717, 1.165) is 54.2 Å². The zero-order chi connectivity index (χ0) is 20.4. The van der Waals surface area contributed by atoms with Crippen LogP contribution >= 0.6 is 0 Å². The molecule has 29 heavy (non-hydrogen) atoms. The Hall–Kier alpha value is -2.99. The third kappa shape index (κ3) is 4.54. The quantitative estimate of drug-likeness (QED) is 0.501. The molecule has 1 atom stereocenters. The number of anilines is 1. The van der Waals surface area contributed by atoms with Gasteiger partial charge in [-0.25, -0.2) is 4.98 Å². The van der Waals surface area contributed by atoms with Gasteiger partial charge in [0.25, 0.3) is 0 Å². The van der Waals surface area contributed by atoms with Crippen LogP contribution in [0.15, 0.2) is 48.7 Å². The maximum absolute atomic E-state index is 11.3. The standard InChI is InChI=1S/C23H26N4O2/c1-16-10-19(12-20(11-16)29-18(3)28)15-26-8-9-27(14-17(26)2)23-13-24-21-6-4-5-7-22(21)25-23/h4-7,10-13,17H,8-9,14-15H2,1-3H3/t17-/m1/s1. The van der Waals surface area contributed by atoms with Crippen LogP contribution in [0, 0.1) is 6.92 Å². The lowest BCUT2D eigenvalue weighted by Gasteiger charge is -2.40.